The molecule has 4 nitrogen and oxygen atoms in total. The molecule has 1 aromatic heterocycles. The van der Waals surface area contributed by atoms with Crippen LogP contribution in [0.15, 0.2) is 47.2 Å². The van der Waals surface area contributed by atoms with Gasteiger partial charge in [0, 0.05) is 18.0 Å². The Labute approximate surface area is 118 Å². The Morgan fingerprint density at radius 3 is 2.74 bits per heavy atom. The number of fused-ring (bicyclic) bond motifs is 1. The lowest BCUT2D eigenvalue weighted by molar-refractivity contribution is -0.117. The standard InChI is InChI=1S/C14H9BrN2O2/c15-11-8-16-6-5-12(11)17-13(18)7-9-3-1-2-4-10(9)14(17)19/h1-6,8H,7H2. The van der Waals surface area contributed by atoms with Crippen molar-refractivity contribution in [2.24, 2.45) is 0 Å². The van der Waals surface area contributed by atoms with Gasteiger partial charge in [0.2, 0.25) is 5.91 Å². The van der Waals surface area contributed by atoms with Crippen molar-refractivity contribution in [1.29, 1.82) is 0 Å². The molecule has 2 amide bonds. The lowest BCUT2D eigenvalue weighted by atomic mass is 9.98. The molecule has 0 aliphatic carbocycles. The number of amides is 2. The first-order chi connectivity index (χ1) is 9.18. The van der Waals surface area contributed by atoms with E-state index in [4.69, 9.17) is 0 Å². The molecule has 1 aliphatic heterocycles. The summed E-state index contributed by atoms with van der Waals surface area (Å²) in [5.74, 6) is -0.519. The molecule has 0 saturated heterocycles. The third kappa shape index (κ3) is 1.96. The lowest BCUT2D eigenvalue weighted by Crippen LogP contribution is -2.42. The zero-order chi connectivity index (χ0) is 13.4. The smallest absolute Gasteiger partial charge is 0.265 e. The average molecular weight is 317 g/mol. The number of rotatable bonds is 1. The second-order valence-corrected chi connectivity index (χ2v) is 5.05. The van der Waals surface area contributed by atoms with Crippen LogP contribution in [-0.2, 0) is 11.2 Å². The fourth-order valence-electron chi connectivity index (χ4n) is 2.15. The van der Waals surface area contributed by atoms with E-state index < -0.39 is 0 Å². The second-order valence-electron chi connectivity index (χ2n) is 4.20. The van der Waals surface area contributed by atoms with Crippen LogP contribution in [0.25, 0.3) is 0 Å². The molecule has 0 spiro atoms. The van der Waals surface area contributed by atoms with Crippen LogP contribution >= 0.6 is 15.9 Å². The molecular formula is C14H9BrN2O2. The minimum Gasteiger partial charge on any atom is -0.274 e. The van der Waals surface area contributed by atoms with Crippen LogP contribution in [-0.4, -0.2) is 16.8 Å². The maximum atomic E-state index is 12.4. The van der Waals surface area contributed by atoms with Crippen LogP contribution in [0.1, 0.15) is 15.9 Å². The molecule has 3 rings (SSSR count). The van der Waals surface area contributed by atoms with E-state index >= 15 is 0 Å². The molecule has 1 aromatic carbocycles. The summed E-state index contributed by atoms with van der Waals surface area (Å²) >= 11 is 3.32. The van der Waals surface area contributed by atoms with Crippen molar-refractivity contribution in [2.75, 3.05) is 4.90 Å². The molecule has 0 saturated carbocycles. The van der Waals surface area contributed by atoms with Gasteiger partial charge in [0.15, 0.2) is 0 Å². The van der Waals surface area contributed by atoms with Gasteiger partial charge in [-0.1, -0.05) is 18.2 Å². The molecule has 2 aromatic rings. The van der Waals surface area contributed by atoms with Crippen molar-refractivity contribution in [3.63, 3.8) is 0 Å². The number of aromatic nitrogens is 1. The summed E-state index contributed by atoms with van der Waals surface area (Å²) < 4.78 is 0.621. The molecule has 1 aliphatic rings. The van der Waals surface area contributed by atoms with E-state index in [-0.39, 0.29) is 18.2 Å². The Kier molecular flexibility index (Phi) is 2.91. The quantitative estimate of drug-likeness (QED) is 0.760. The summed E-state index contributed by atoms with van der Waals surface area (Å²) in [6.45, 7) is 0. The van der Waals surface area contributed by atoms with Crippen LogP contribution < -0.4 is 4.90 Å². The Balaban J connectivity index is 2.12. The number of halogens is 1. The zero-order valence-corrected chi connectivity index (χ0v) is 11.4. The SMILES string of the molecule is O=C1Cc2ccccc2C(=O)N1c1ccncc1Br. The minimum atomic E-state index is -0.293. The molecular weight excluding hydrogens is 308 g/mol. The predicted octanol–water partition coefficient (Wildman–Crippen LogP) is 2.57. The van der Waals surface area contributed by atoms with Crippen molar-refractivity contribution in [1.82, 2.24) is 4.98 Å². The van der Waals surface area contributed by atoms with E-state index in [1.807, 2.05) is 12.1 Å². The third-order valence-electron chi connectivity index (χ3n) is 3.03. The highest BCUT2D eigenvalue weighted by atomic mass is 79.9. The third-order valence-corrected chi connectivity index (χ3v) is 3.64. The molecule has 94 valence electrons. The number of benzene rings is 1. The lowest BCUT2D eigenvalue weighted by Gasteiger charge is -2.27. The van der Waals surface area contributed by atoms with Crippen molar-refractivity contribution < 1.29 is 9.59 Å². The summed E-state index contributed by atoms with van der Waals surface area (Å²) in [5.41, 5.74) is 1.88. The van der Waals surface area contributed by atoms with Crippen LogP contribution in [0, 0.1) is 0 Å². The van der Waals surface area contributed by atoms with Gasteiger partial charge in [-0.25, -0.2) is 4.90 Å². The Hall–Kier alpha value is -2.01. The Morgan fingerprint density at radius 1 is 1.16 bits per heavy atom. The fourth-order valence-corrected chi connectivity index (χ4v) is 2.58. The first kappa shape index (κ1) is 12.0. The monoisotopic (exact) mass is 316 g/mol. The number of pyridine rings is 1. The summed E-state index contributed by atoms with van der Waals surface area (Å²) in [6.07, 6.45) is 3.36. The zero-order valence-electron chi connectivity index (χ0n) is 9.84. The largest absolute Gasteiger partial charge is 0.274 e. The fraction of sp³-hybridized carbons (Fsp3) is 0.0714. The predicted molar refractivity (Wildman–Crippen MR) is 73.9 cm³/mol. The van der Waals surface area contributed by atoms with Crippen LogP contribution in [0.5, 0.6) is 0 Å². The number of hydrogen-bond donors (Lipinski definition) is 0. The van der Waals surface area contributed by atoms with Gasteiger partial charge in [-0.15, -0.1) is 0 Å². The van der Waals surface area contributed by atoms with Gasteiger partial charge < -0.3 is 0 Å². The molecule has 5 heteroatoms. The van der Waals surface area contributed by atoms with Gasteiger partial charge in [-0.05, 0) is 33.6 Å². The molecule has 0 bridgehead atoms. The molecule has 0 radical (unpaired) electrons. The molecule has 0 unspecified atom stereocenters. The van der Waals surface area contributed by atoms with E-state index in [2.05, 4.69) is 20.9 Å². The van der Waals surface area contributed by atoms with Crippen molar-refractivity contribution in [3.8, 4) is 0 Å². The Bertz CT molecular complexity index is 685. The van der Waals surface area contributed by atoms with E-state index in [9.17, 15) is 9.59 Å². The van der Waals surface area contributed by atoms with Crippen molar-refractivity contribution in [2.45, 2.75) is 6.42 Å². The van der Waals surface area contributed by atoms with Crippen molar-refractivity contribution >= 4 is 33.4 Å². The maximum absolute atomic E-state index is 12.4. The first-order valence-electron chi connectivity index (χ1n) is 5.73. The second kappa shape index (κ2) is 4.59. The van der Waals surface area contributed by atoms with Crippen molar-refractivity contribution in [3.05, 3.63) is 58.3 Å². The number of imide groups is 1. The number of nitrogens with zero attached hydrogens (tertiary/aromatic N) is 2. The van der Waals surface area contributed by atoms with Crippen LogP contribution in [0.3, 0.4) is 0 Å². The summed E-state index contributed by atoms with van der Waals surface area (Å²) in [7, 11) is 0. The van der Waals surface area contributed by atoms with Gasteiger partial charge >= 0.3 is 0 Å². The summed E-state index contributed by atoms with van der Waals surface area (Å²) in [6, 6.07) is 8.83. The topological polar surface area (TPSA) is 50.3 Å². The highest BCUT2D eigenvalue weighted by Gasteiger charge is 2.32. The van der Waals surface area contributed by atoms with E-state index in [1.54, 1.807) is 30.6 Å². The van der Waals surface area contributed by atoms with Gasteiger partial charge in [-0.3, -0.25) is 14.6 Å². The number of carbonyl (C=O) groups is 2. The van der Waals surface area contributed by atoms with Gasteiger partial charge in [0.1, 0.15) is 0 Å². The van der Waals surface area contributed by atoms with E-state index in [1.165, 1.54) is 4.90 Å². The molecule has 0 N–H and O–H groups in total. The van der Waals surface area contributed by atoms with E-state index in [0.29, 0.717) is 15.7 Å². The molecule has 19 heavy (non-hydrogen) atoms. The van der Waals surface area contributed by atoms with Crippen LogP contribution in [0.4, 0.5) is 5.69 Å². The maximum Gasteiger partial charge on any atom is 0.265 e. The molecule has 2 heterocycles. The molecule has 0 fully saturated rings. The first-order valence-corrected chi connectivity index (χ1v) is 6.52. The number of carbonyl (C=O) groups excluding carboxylic acids is 2. The van der Waals surface area contributed by atoms with E-state index in [0.717, 1.165) is 5.56 Å². The van der Waals surface area contributed by atoms with Crippen LogP contribution in [0.2, 0.25) is 0 Å². The number of hydrogen-bond acceptors (Lipinski definition) is 3. The Morgan fingerprint density at radius 2 is 1.95 bits per heavy atom. The van der Waals surface area contributed by atoms with Gasteiger partial charge in [-0.2, -0.15) is 0 Å². The minimum absolute atomic E-state index is 0.226. The average Bonchev–Trinajstić information content (AvgIpc) is 2.41. The summed E-state index contributed by atoms with van der Waals surface area (Å²) in [4.78, 5) is 29.8. The molecule has 0 atom stereocenters. The van der Waals surface area contributed by atoms with Gasteiger partial charge in [0.05, 0.1) is 16.6 Å². The highest BCUT2D eigenvalue weighted by molar-refractivity contribution is 9.10. The number of anilines is 1. The highest BCUT2D eigenvalue weighted by Crippen LogP contribution is 2.30. The van der Waals surface area contributed by atoms with Gasteiger partial charge in [0.25, 0.3) is 5.91 Å². The summed E-state index contributed by atoms with van der Waals surface area (Å²) in [5, 5.41) is 0. The normalized spacial score (nSPS) is 14.5.